The van der Waals surface area contributed by atoms with E-state index >= 15 is 0 Å². The second-order valence-electron chi connectivity index (χ2n) is 9.90. The van der Waals surface area contributed by atoms with Crippen LogP contribution in [0, 0.1) is 20.8 Å². The molecule has 1 N–H and O–H groups in total. The zero-order valence-corrected chi connectivity index (χ0v) is 19.9. The highest BCUT2D eigenvalue weighted by molar-refractivity contribution is 5.91. The highest BCUT2D eigenvalue weighted by Crippen LogP contribution is 2.36. The number of aryl methyl sites for hydroxylation is 2. The molecule has 0 atom stereocenters. The third kappa shape index (κ3) is 3.56. The maximum atomic E-state index is 5.56. The SMILES string of the molecule is Cc1c(-c2[nH]c3ccc(C4CCN(C5CCOCC5)CC4)cc3c2C)cn2ncnc2c1C. The number of aromatic nitrogens is 4. The van der Waals surface area contributed by atoms with Gasteiger partial charge in [-0.1, -0.05) is 6.07 Å². The second-order valence-corrected chi connectivity index (χ2v) is 9.90. The van der Waals surface area contributed by atoms with E-state index in [1.54, 1.807) is 6.33 Å². The lowest BCUT2D eigenvalue weighted by atomic mass is 9.87. The lowest BCUT2D eigenvalue weighted by Crippen LogP contribution is -2.43. The van der Waals surface area contributed by atoms with Crippen molar-refractivity contribution in [3.8, 4) is 11.3 Å². The number of fused-ring (bicyclic) bond motifs is 2. The normalized spacial score (nSPS) is 19.1. The zero-order valence-electron chi connectivity index (χ0n) is 19.9. The molecule has 0 spiro atoms. The fourth-order valence-corrected chi connectivity index (χ4v) is 5.97. The third-order valence-corrected chi connectivity index (χ3v) is 8.19. The van der Waals surface area contributed by atoms with Gasteiger partial charge < -0.3 is 14.6 Å². The molecule has 2 saturated heterocycles. The predicted octanol–water partition coefficient (Wildman–Crippen LogP) is 5.16. The van der Waals surface area contributed by atoms with Gasteiger partial charge in [0.05, 0.1) is 5.69 Å². The Labute approximate surface area is 195 Å². The Morgan fingerprint density at radius 3 is 2.55 bits per heavy atom. The minimum Gasteiger partial charge on any atom is -0.381 e. The van der Waals surface area contributed by atoms with Crippen LogP contribution in [0.15, 0.2) is 30.7 Å². The summed E-state index contributed by atoms with van der Waals surface area (Å²) < 4.78 is 7.45. The Bertz CT molecular complexity index is 1310. The summed E-state index contributed by atoms with van der Waals surface area (Å²) >= 11 is 0. The van der Waals surface area contributed by atoms with E-state index < -0.39 is 0 Å². The molecule has 5 heterocycles. The number of nitrogens with one attached hydrogen (secondary N) is 1. The van der Waals surface area contributed by atoms with Crippen molar-refractivity contribution in [3.05, 3.63) is 53.0 Å². The van der Waals surface area contributed by atoms with Gasteiger partial charge in [-0.15, -0.1) is 0 Å². The molecule has 0 amide bonds. The lowest BCUT2D eigenvalue weighted by Gasteiger charge is -2.39. The van der Waals surface area contributed by atoms with Crippen molar-refractivity contribution in [2.24, 2.45) is 0 Å². The number of H-pyrrole nitrogens is 1. The van der Waals surface area contributed by atoms with Crippen molar-refractivity contribution < 1.29 is 4.74 Å². The van der Waals surface area contributed by atoms with Crippen LogP contribution in [0.5, 0.6) is 0 Å². The number of piperidine rings is 1. The maximum Gasteiger partial charge on any atom is 0.158 e. The van der Waals surface area contributed by atoms with E-state index in [1.165, 1.54) is 83.2 Å². The number of benzene rings is 1. The van der Waals surface area contributed by atoms with Crippen LogP contribution in [0.25, 0.3) is 27.8 Å². The van der Waals surface area contributed by atoms with E-state index in [9.17, 15) is 0 Å². The maximum absolute atomic E-state index is 5.56. The molecule has 2 aliphatic heterocycles. The van der Waals surface area contributed by atoms with Gasteiger partial charge in [0.2, 0.25) is 0 Å². The monoisotopic (exact) mass is 443 g/mol. The van der Waals surface area contributed by atoms with Crippen LogP contribution in [0.1, 0.15) is 53.9 Å². The molecule has 6 rings (SSSR count). The molecule has 0 radical (unpaired) electrons. The van der Waals surface area contributed by atoms with Crippen molar-refractivity contribution in [2.45, 2.75) is 58.4 Å². The first-order valence-electron chi connectivity index (χ1n) is 12.3. The quantitative estimate of drug-likeness (QED) is 0.475. The number of pyridine rings is 1. The van der Waals surface area contributed by atoms with Gasteiger partial charge >= 0.3 is 0 Å². The fourth-order valence-electron chi connectivity index (χ4n) is 5.97. The standard InChI is InChI=1S/C27H33N5O/c1-17-18(2)27-28-16-29-32(27)15-24(17)26-19(3)23-14-21(4-5-25(23)30-26)20-6-10-31(11-7-20)22-8-12-33-13-9-22/h4-5,14-16,20,22,30H,6-13H2,1-3H3. The molecule has 4 aromatic rings. The minimum atomic E-state index is 0.652. The van der Waals surface area contributed by atoms with E-state index in [4.69, 9.17) is 4.74 Å². The highest BCUT2D eigenvalue weighted by Gasteiger charge is 2.27. The van der Waals surface area contributed by atoms with E-state index in [2.05, 4.69) is 65.1 Å². The average molecular weight is 444 g/mol. The molecule has 0 saturated carbocycles. The average Bonchev–Trinajstić information content (AvgIpc) is 3.46. The molecule has 2 fully saturated rings. The van der Waals surface area contributed by atoms with E-state index in [-0.39, 0.29) is 0 Å². The van der Waals surface area contributed by atoms with Crippen LogP contribution in [0.2, 0.25) is 0 Å². The summed E-state index contributed by atoms with van der Waals surface area (Å²) in [5, 5.41) is 5.72. The number of ether oxygens (including phenoxy) is 1. The molecule has 3 aromatic heterocycles. The Kier molecular flexibility index (Phi) is 5.23. The van der Waals surface area contributed by atoms with Gasteiger partial charge in [-0.25, -0.2) is 9.50 Å². The van der Waals surface area contributed by atoms with Crippen LogP contribution >= 0.6 is 0 Å². The van der Waals surface area contributed by atoms with Gasteiger partial charge in [0, 0.05) is 41.9 Å². The van der Waals surface area contributed by atoms with Gasteiger partial charge in [0.25, 0.3) is 0 Å². The number of nitrogens with zero attached hydrogens (tertiary/aromatic N) is 4. The molecule has 172 valence electrons. The summed E-state index contributed by atoms with van der Waals surface area (Å²) in [5.41, 5.74) is 9.77. The summed E-state index contributed by atoms with van der Waals surface area (Å²) in [4.78, 5) is 10.8. The van der Waals surface area contributed by atoms with Gasteiger partial charge in [-0.05, 0) is 99.8 Å². The molecular weight excluding hydrogens is 410 g/mol. The molecule has 6 heteroatoms. The Morgan fingerprint density at radius 2 is 1.76 bits per heavy atom. The number of likely N-dealkylation sites (tertiary alicyclic amines) is 1. The predicted molar refractivity (Wildman–Crippen MR) is 132 cm³/mol. The number of hydrogen-bond acceptors (Lipinski definition) is 4. The molecular formula is C27H33N5O. The molecule has 0 unspecified atom stereocenters. The largest absolute Gasteiger partial charge is 0.381 e. The van der Waals surface area contributed by atoms with Crippen LogP contribution in [-0.2, 0) is 4.74 Å². The Hall–Kier alpha value is -2.70. The summed E-state index contributed by atoms with van der Waals surface area (Å²) in [6.45, 7) is 10.8. The summed E-state index contributed by atoms with van der Waals surface area (Å²) in [6.07, 6.45) is 8.63. The topological polar surface area (TPSA) is 58.5 Å². The molecule has 0 bridgehead atoms. The van der Waals surface area contributed by atoms with Crippen molar-refractivity contribution in [3.63, 3.8) is 0 Å². The van der Waals surface area contributed by atoms with Gasteiger partial charge in [0.15, 0.2) is 5.65 Å². The highest BCUT2D eigenvalue weighted by atomic mass is 16.5. The molecule has 0 aliphatic carbocycles. The number of rotatable bonds is 3. The first-order chi connectivity index (χ1) is 16.1. The van der Waals surface area contributed by atoms with E-state index in [0.29, 0.717) is 5.92 Å². The van der Waals surface area contributed by atoms with E-state index in [0.717, 1.165) is 24.9 Å². The zero-order chi connectivity index (χ0) is 22.5. The molecule has 1 aromatic carbocycles. The van der Waals surface area contributed by atoms with Crippen LogP contribution < -0.4 is 0 Å². The Balaban J connectivity index is 1.29. The number of aromatic amines is 1. The van der Waals surface area contributed by atoms with E-state index in [1.807, 2.05) is 4.52 Å². The van der Waals surface area contributed by atoms with Crippen LogP contribution in [0.3, 0.4) is 0 Å². The Morgan fingerprint density at radius 1 is 0.970 bits per heavy atom. The third-order valence-electron chi connectivity index (χ3n) is 8.19. The summed E-state index contributed by atoms with van der Waals surface area (Å²) in [5.74, 6) is 0.652. The van der Waals surface area contributed by atoms with Crippen LogP contribution in [-0.4, -0.2) is 56.8 Å². The van der Waals surface area contributed by atoms with Crippen molar-refractivity contribution in [1.29, 1.82) is 0 Å². The summed E-state index contributed by atoms with van der Waals surface area (Å²) in [7, 11) is 0. The van der Waals surface area contributed by atoms with Crippen molar-refractivity contribution in [1.82, 2.24) is 24.5 Å². The van der Waals surface area contributed by atoms with Gasteiger partial charge in [0.1, 0.15) is 6.33 Å². The second kappa shape index (κ2) is 8.26. The minimum absolute atomic E-state index is 0.652. The lowest BCUT2D eigenvalue weighted by molar-refractivity contribution is 0.0252. The molecule has 6 nitrogen and oxygen atoms in total. The summed E-state index contributed by atoms with van der Waals surface area (Å²) in [6, 6.07) is 7.79. The van der Waals surface area contributed by atoms with Crippen molar-refractivity contribution >= 4 is 16.6 Å². The smallest absolute Gasteiger partial charge is 0.158 e. The number of hydrogen-bond donors (Lipinski definition) is 1. The molecule has 33 heavy (non-hydrogen) atoms. The first-order valence-corrected chi connectivity index (χ1v) is 12.3. The van der Waals surface area contributed by atoms with Crippen LogP contribution in [0.4, 0.5) is 0 Å². The van der Waals surface area contributed by atoms with Gasteiger partial charge in [-0.2, -0.15) is 5.10 Å². The fraction of sp³-hybridized carbons (Fsp3) is 0.481. The molecule has 2 aliphatic rings. The van der Waals surface area contributed by atoms with Gasteiger partial charge in [-0.3, -0.25) is 0 Å². The first kappa shape index (κ1) is 20.9. The van der Waals surface area contributed by atoms with Crippen molar-refractivity contribution in [2.75, 3.05) is 26.3 Å².